The Kier molecular flexibility index (Phi) is 6.06. The fraction of sp³-hybridized carbons (Fsp3) is 0.0370. The summed E-state index contributed by atoms with van der Waals surface area (Å²) in [5.74, 6) is 4.42. The van der Waals surface area contributed by atoms with E-state index in [9.17, 15) is 0 Å². The average molecular weight is 400 g/mol. The van der Waals surface area contributed by atoms with Gasteiger partial charge in [0.05, 0.1) is 5.70 Å². The molecule has 0 unspecified atom stereocenters. The van der Waals surface area contributed by atoms with Crippen LogP contribution in [0.1, 0.15) is 12.5 Å². The molecule has 1 heterocycles. The molecule has 0 N–H and O–H groups in total. The smallest absolute Gasteiger partial charge is 0.164 e. The molecule has 0 saturated carbocycles. The van der Waals surface area contributed by atoms with Gasteiger partial charge in [-0.3, -0.25) is 4.99 Å². The van der Waals surface area contributed by atoms with Gasteiger partial charge in [-0.1, -0.05) is 90.8 Å². The van der Waals surface area contributed by atoms with Crippen LogP contribution in [0.5, 0.6) is 0 Å². The third-order valence-corrected chi connectivity index (χ3v) is 4.63. The molecule has 4 nitrogen and oxygen atoms in total. The molecule has 3 aromatic carbocycles. The van der Waals surface area contributed by atoms with Crippen molar-refractivity contribution in [3.63, 3.8) is 0 Å². The van der Waals surface area contributed by atoms with Crippen molar-refractivity contribution in [2.45, 2.75) is 6.92 Å². The van der Waals surface area contributed by atoms with Crippen LogP contribution in [0.25, 0.3) is 39.9 Å². The quantitative estimate of drug-likeness (QED) is 0.308. The Hall–Kier alpha value is -4.36. The summed E-state index contributed by atoms with van der Waals surface area (Å²) in [5, 5.41) is 0. The maximum Gasteiger partial charge on any atom is 0.164 e. The van der Waals surface area contributed by atoms with Gasteiger partial charge in [0.1, 0.15) is 0 Å². The molecule has 0 saturated heterocycles. The molecular formula is C27H20N4. The lowest BCUT2D eigenvalue weighted by Gasteiger charge is -2.09. The number of rotatable bonds is 5. The third kappa shape index (κ3) is 4.63. The van der Waals surface area contributed by atoms with Crippen LogP contribution in [-0.4, -0.2) is 21.2 Å². The third-order valence-electron chi connectivity index (χ3n) is 4.63. The van der Waals surface area contributed by atoms with Crippen molar-refractivity contribution < 1.29 is 0 Å². The van der Waals surface area contributed by atoms with Crippen molar-refractivity contribution in [2.24, 2.45) is 4.99 Å². The summed E-state index contributed by atoms with van der Waals surface area (Å²) < 4.78 is 0. The van der Waals surface area contributed by atoms with Crippen LogP contribution in [0.15, 0.2) is 96.0 Å². The van der Waals surface area contributed by atoms with Gasteiger partial charge in [0.2, 0.25) is 0 Å². The monoisotopic (exact) mass is 400 g/mol. The highest BCUT2D eigenvalue weighted by Gasteiger charge is 2.12. The van der Waals surface area contributed by atoms with Gasteiger partial charge in [0, 0.05) is 34.5 Å². The van der Waals surface area contributed by atoms with Crippen LogP contribution >= 0.6 is 0 Å². The summed E-state index contributed by atoms with van der Waals surface area (Å²) in [5.41, 5.74) is 4.44. The van der Waals surface area contributed by atoms with Gasteiger partial charge in [0.15, 0.2) is 17.5 Å². The van der Waals surface area contributed by atoms with E-state index in [1.54, 1.807) is 12.3 Å². The number of aromatic nitrogens is 3. The van der Waals surface area contributed by atoms with Gasteiger partial charge in [-0.25, -0.2) is 15.0 Å². The normalized spacial score (nSPS) is 11.4. The second kappa shape index (κ2) is 9.43. The van der Waals surface area contributed by atoms with Gasteiger partial charge in [0.25, 0.3) is 0 Å². The summed E-state index contributed by atoms with van der Waals surface area (Å²) >= 11 is 0. The molecular weight excluding hydrogens is 380 g/mol. The van der Waals surface area contributed by atoms with E-state index in [1.165, 1.54) is 0 Å². The molecule has 31 heavy (non-hydrogen) atoms. The Labute approximate surface area is 182 Å². The minimum absolute atomic E-state index is 0.612. The van der Waals surface area contributed by atoms with E-state index in [0.29, 0.717) is 17.5 Å². The van der Waals surface area contributed by atoms with Gasteiger partial charge in [-0.2, -0.15) is 0 Å². The van der Waals surface area contributed by atoms with Gasteiger partial charge >= 0.3 is 0 Å². The highest BCUT2D eigenvalue weighted by molar-refractivity contribution is 5.76. The number of hydrogen-bond acceptors (Lipinski definition) is 4. The minimum atomic E-state index is 0.612. The molecule has 4 aromatic rings. The highest BCUT2D eigenvalue weighted by atomic mass is 15.0. The van der Waals surface area contributed by atoms with Crippen LogP contribution in [0.2, 0.25) is 0 Å². The molecule has 0 spiro atoms. The van der Waals surface area contributed by atoms with Crippen molar-refractivity contribution in [3.8, 4) is 46.5 Å². The van der Waals surface area contributed by atoms with Gasteiger partial charge in [-0.15, -0.1) is 6.42 Å². The van der Waals surface area contributed by atoms with E-state index in [4.69, 9.17) is 21.4 Å². The second-order valence-corrected chi connectivity index (χ2v) is 6.70. The summed E-state index contributed by atoms with van der Waals surface area (Å²) in [6.07, 6.45) is 8.81. The van der Waals surface area contributed by atoms with Gasteiger partial charge < -0.3 is 0 Å². The summed E-state index contributed by atoms with van der Waals surface area (Å²) in [4.78, 5) is 18.6. The second-order valence-electron chi connectivity index (χ2n) is 6.70. The van der Waals surface area contributed by atoms with Crippen molar-refractivity contribution in [3.05, 3.63) is 96.6 Å². The maximum absolute atomic E-state index is 5.43. The van der Waals surface area contributed by atoms with Crippen LogP contribution in [-0.2, 0) is 0 Å². The van der Waals surface area contributed by atoms with Crippen LogP contribution in [0.3, 0.4) is 0 Å². The number of hydrogen-bond donors (Lipinski definition) is 0. The van der Waals surface area contributed by atoms with Crippen LogP contribution in [0, 0.1) is 12.3 Å². The summed E-state index contributed by atoms with van der Waals surface area (Å²) in [7, 11) is 0. The molecule has 0 amide bonds. The van der Waals surface area contributed by atoms with Crippen LogP contribution in [0.4, 0.5) is 0 Å². The predicted molar refractivity (Wildman–Crippen MR) is 127 cm³/mol. The topological polar surface area (TPSA) is 51.0 Å². The standard InChI is InChI=1S/C27H20N4/c1-3-11-24(28-4-2)20-16-18-23(19-17-20)27-30-25(21-12-7-5-8-13-21)29-26(31-27)22-14-9-6-10-15-22/h1,4-19H,2H3/b24-11-,28-4-. The minimum Gasteiger partial charge on any atom is -0.260 e. The molecule has 0 atom stereocenters. The van der Waals surface area contributed by atoms with Crippen molar-refractivity contribution in [1.82, 2.24) is 15.0 Å². The zero-order valence-corrected chi connectivity index (χ0v) is 17.1. The highest BCUT2D eigenvalue weighted by Crippen LogP contribution is 2.26. The van der Waals surface area contributed by atoms with E-state index >= 15 is 0 Å². The SMILES string of the molecule is C#C/C=C(\N=C/C)c1ccc(-c2nc(-c3ccccc3)nc(-c3ccccc3)n2)cc1. The first-order valence-electron chi connectivity index (χ1n) is 9.91. The average Bonchev–Trinajstić information content (AvgIpc) is 2.85. The molecule has 4 heteroatoms. The Morgan fingerprint density at radius 1 is 0.710 bits per heavy atom. The lowest BCUT2D eigenvalue weighted by Crippen LogP contribution is -2.00. The molecule has 0 aliphatic carbocycles. The van der Waals surface area contributed by atoms with Crippen molar-refractivity contribution in [1.29, 1.82) is 0 Å². The molecule has 0 fully saturated rings. The molecule has 1 aromatic heterocycles. The number of terminal acetylenes is 1. The summed E-state index contributed by atoms with van der Waals surface area (Å²) in [6, 6.07) is 27.7. The Bertz CT molecular complexity index is 1210. The largest absolute Gasteiger partial charge is 0.260 e. The lowest BCUT2D eigenvalue weighted by molar-refractivity contribution is 1.07. The predicted octanol–water partition coefficient (Wildman–Crippen LogP) is 5.94. The molecule has 4 rings (SSSR count). The van der Waals surface area contributed by atoms with E-state index in [-0.39, 0.29) is 0 Å². The van der Waals surface area contributed by atoms with Crippen molar-refractivity contribution >= 4 is 11.9 Å². The first-order chi connectivity index (χ1) is 15.3. The molecule has 0 bridgehead atoms. The van der Waals surface area contributed by atoms with E-state index in [2.05, 4.69) is 10.9 Å². The molecule has 148 valence electrons. The van der Waals surface area contributed by atoms with Gasteiger partial charge in [-0.05, 0) is 6.92 Å². The number of allylic oxidation sites excluding steroid dienone is 1. The lowest BCUT2D eigenvalue weighted by atomic mass is 10.1. The van der Waals surface area contributed by atoms with E-state index < -0.39 is 0 Å². The van der Waals surface area contributed by atoms with Crippen LogP contribution < -0.4 is 0 Å². The fourth-order valence-corrected chi connectivity index (χ4v) is 3.14. The number of nitrogens with zero attached hydrogens (tertiary/aromatic N) is 4. The van der Waals surface area contributed by atoms with E-state index in [1.807, 2.05) is 91.9 Å². The fourth-order valence-electron chi connectivity index (χ4n) is 3.14. The Balaban J connectivity index is 1.81. The first-order valence-corrected chi connectivity index (χ1v) is 9.91. The zero-order chi connectivity index (χ0) is 21.5. The van der Waals surface area contributed by atoms with Crippen molar-refractivity contribution in [2.75, 3.05) is 0 Å². The van der Waals surface area contributed by atoms with E-state index in [0.717, 1.165) is 28.0 Å². The zero-order valence-electron chi connectivity index (χ0n) is 17.1. The molecule has 0 radical (unpaired) electrons. The number of benzene rings is 3. The number of aliphatic imine (C=N–C) groups is 1. The first kappa shape index (κ1) is 19.9. The Morgan fingerprint density at radius 2 is 1.16 bits per heavy atom. The molecule has 0 aliphatic rings. The summed E-state index contributed by atoms with van der Waals surface area (Å²) in [6.45, 7) is 1.86. The molecule has 0 aliphatic heterocycles. The Morgan fingerprint density at radius 3 is 1.58 bits per heavy atom. The maximum atomic E-state index is 5.43.